The molecule has 1 unspecified atom stereocenters. The van der Waals surface area contributed by atoms with Crippen molar-refractivity contribution in [2.45, 2.75) is 32.3 Å². The Bertz CT molecular complexity index is 485. The van der Waals surface area contributed by atoms with Gasteiger partial charge in [0, 0.05) is 18.6 Å². The summed E-state index contributed by atoms with van der Waals surface area (Å²) < 4.78 is 60.9. The van der Waals surface area contributed by atoms with E-state index in [2.05, 4.69) is 4.74 Å². The number of carbonyl (C=O) groups excluding carboxylic acids is 1. The molecule has 0 aliphatic rings. The zero-order valence-corrected chi connectivity index (χ0v) is 11.8. The third-order valence-corrected chi connectivity index (χ3v) is 2.66. The first-order chi connectivity index (χ1) is 10.3. The lowest BCUT2D eigenvalue weighted by molar-refractivity contribution is -0.145. The Morgan fingerprint density at radius 2 is 1.86 bits per heavy atom. The number of alkyl halides is 2. The molecule has 0 bridgehead atoms. The number of hydrogen-bond acceptors (Lipinski definition) is 4. The topological polar surface area (TPSA) is 55.8 Å². The Labute approximate surface area is 124 Å². The van der Waals surface area contributed by atoms with Crippen LogP contribution in [0, 0.1) is 11.6 Å². The minimum absolute atomic E-state index is 0.0768. The van der Waals surface area contributed by atoms with Gasteiger partial charge in [0.2, 0.25) is 6.43 Å². The number of esters is 1. The summed E-state index contributed by atoms with van der Waals surface area (Å²) in [4.78, 5) is 11.2. The third-order valence-electron chi connectivity index (χ3n) is 2.66. The zero-order valence-electron chi connectivity index (χ0n) is 11.8. The van der Waals surface area contributed by atoms with Crippen LogP contribution >= 0.6 is 0 Å². The summed E-state index contributed by atoms with van der Waals surface area (Å²) in [6.45, 7) is 1.23. The Hall–Kier alpha value is -1.83. The second kappa shape index (κ2) is 8.57. The van der Waals surface area contributed by atoms with E-state index in [-0.39, 0.29) is 12.4 Å². The van der Waals surface area contributed by atoms with Gasteiger partial charge in [0.25, 0.3) is 0 Å². The van der Waals surface area contributed by atoms with E-state index >= 15 is 0 Å². The highest BCUT2D eigenvalue weighted by Gasteiger charge is 2.22. The summed E-state index contributed by atoms with van der Waals surface area (Å²) in [5, 5.41) is 9.70. The fourth-order valence-corrected chi connectivity index (χ4v) is 1.71. The fourth-order valence-electron chi connectivity index (χ4n) is 1.71. The first-order valence-electron chi connectivity index (χ1n) is 6.58. The van der Waals surface area contributed by atoms with E-state index in [0.717, 1.165) is 12.1 Å². The van der Waals surface area contributed by atoms with Crippen LogP contribution < -0.4 is 4.74 Å². The predicted octanol–water partition coefficient (Wildman–Crippen LogP) is 2.99. The maximum Gasteiger partial charge on any atom is 0.308 e. The van der Waals surface area contributed by atoms with Gasteiger partial charge in [-0.15, -0.1) is 0 Å². The molecule has 1 rings (SSSR count). The van der Waals surface area contributed by atoms with Crippen molar-refractivity contribution >= 4 is 5.97 Å². The van der Waals surface area contributed by atoms with E-state index in [1.165, 1.54) is 0 Å². The van der Waals surface area contributed by atoms with E-state index in [9.17, 15) is 27.5 Å². The summed E-state index contributed by atoms with van der Waals surface area (Å²) in [5.74, 6) is -3.35. The average molecular weight is 324 g/mol. The number of carbonyl (C=O) groups is 1. The number of benzene rings is 1. The van der Waals surface area contributed by atoms with Gasteiger partial charge in [0.05, 0.1) is 31.3 Å². The van der Waals surface area contributed by atoms with Gasteiger partial charge in [-0.05, 0) is 6.92 Å². The maximum absolute atomic E-state index is 13.8. The van der Waals surface area contributed by atoms with Gasteiger partial charge in [-0.2, -0.15) is 0 Å². The Balaban J connectivity index is 2.78. The van der Waals surface area contributed by atoms with Crippen molar-refractivity contribution < 1.29 is 36.9 Å². The SMILES string of the molecule is CCOC(=O)CC(O)c1c(F)cc(OCCC(F)F)cc1F. The molecule has 1 N–H and O–H groups in total. The molecule has 0 amide bonds. The quantitative estimate of drug-likeness (QED) is 0.590. The summed E-state index contributed by atoms with van der Waals surface area (Å²) in [6, 6.07) is 1.52. The molecule has 0 aromatic heterocycles. The number of aliphatic hydroxyl groups excluding tert-OH is 1. The van der Waals surface area contributed by atoms with E-state index in [4.69, 9.17) is 4.74 Å². The molecule has 0 spiro atoms. The molecule has 0 aliphatic heterocycles. The second-order valence-electron chi connectivity index (χ2n) is 4.35. The van der Waals surface area contributed by atoms with Crippen molar-refractivity contribution in [3.63, 3.8) is 0 Å². The zero-order chi connectivity index (χ0) is 16.7. The molecular weight excluding hydrogens is 308 g/mol. The van der Waals surface area contributed by atoms with Gasteiger partial charge >= 0.3 is 5.97 Å². The van der Waals surface area contributed by atoms with E-state index < -0.39 is 55.1 Å². The number of hydrogen-bond donors (Lipinski definition) is 1. The minimum Gasteiger partial charge on any atom is -0.493 e. The molecular formula is C14H16F4O4. The Kier molecular flexibility index (Phi) is 7.10. The Morgan fingerprint density at radius 1 is 1.27 bits per heavy atom. The summed E-state index contributed by atoms with van der Waals surface area (Å²) >= 11 is 0. The number of halogens is 4. The fraction of sp³-hybridized carbons (Fsp3) is 0.500. The van der Waals surface area contributed by atoms with Crippen LogP contribution in [0.1, 0.15) is 31.4 Å². The molecule has 0 radical (unpaired) electrons. The first-order valence-corrected chi connectivity index (χ1v) is 6.58. The molecule has 124 valence electrons. The molecule has 22 heavy (non-hydrogen) atoms. The molecule has 0 heterocycles. The molecule has 8 heteroatoms. The van der Waals surface area contributed by atoms with Crippen molar-refractivity contribution in [2.24, 2.45) is 0 Å². The molecule has 1 aromatic rings. The molecule has 0 saturated carbocycles. The van der Waals surface area contributed by atoms with Crippen molar-refractivity contribution in [3.8, 4) is 5.75 Å². The van der Waals surface area contributed by atoms with Gasteiger partial charge in [0.15, 0.2) is 0 Å². The molecule has 1 atom stereocenters. The van der Waals surface area contributed by atoms with Crippen molar-refractivity contribution in [2.75, 3.05) is 13.2 Å². The number of ether oxygens (including phenoxy) is 2. The van der Waals surface area contributed by atoms with Gasteiger partial charge in [-0.25, -0.2) is 17.6 Å². The minimum atomic E-state index is -2.58. The largest absolute Gasteiger partial charge is 0.493 e. The van der Waals surface area contributed by atoms with Gasteiger partial charge in [-0.3, -0.25) is 4.79 Å². The average Bonchev–Trinajstić information content (AvgIpc) is 2.37. The molecule has 4 nitrogen and oxygen atoms in total. The van der Waals surface area contributed by atoms with Crippen LogP contribution in [0.5, 0.6) is 5.75 Å². The first kappa shape index (κ1) is 18.2. The molecule has 1 aromatic carbocycles. The van der Waals surface area contributed by atoms with Gasteiger partial charge in [-0.1, -0.05) is 0 Å². The van der Waals surface area contributed by atoms with Crippen LogP contribution in [0.3, 0.4) is 0 Å². The van der Waals surface area contributed by atoms with E-state index in [1.54, 1.807) is 6.92 Å². The summed E-state index contributed by atoms with van der Waals surface area (Å²) in [7, 11) is 0. The Morgan fingerprint density at radius 3 is 2.36 bits per heavy atom. The van der Waals surface area contributed by atoms with Gasteiger partial charge in [0.1, 0.15) is 17.4 Å². The van der Waals surface area contributed by atoms with Crippen molar-refractivity contribution in [1.82, 2.24) is 0 Å². The second-order valence-corrected chi connectivity index (χ2v) is 4.35. The smallest absolute Gasteiger partial charge is 0.308 e. The highest BCUT2D eigenvalue weighted by Crippen LogP contribution is 2.28. The van der Waals surface area contributed by atoms with Crippen molar-refractivity contribution in [1.29, 1.82) is 0 Å². The van der Waals surface area contributed by atoms with E-state index in [0.29, 0.717) is 0 Å². The van der Waals surface area contributed by atoms with Gasteiger partial charge < -0.3 is 14.6 Å². The van der Waals surface area contributed by atoms with Crippen LogP contribution in [0.25, 0.3) is 0 Å². The summed E-state index contributed by atoms with van der Waals surface area (Å²) in [5.41, 5.74) is -0.700. The molecule has 0 aliphatic carbocycles. The summed E-state index contributed by atoms with van der Waals surface area (Å²) in [6.07, 6.45) is -5.47. The van der Waals surface area contributed by atoms with Crippen molar-refractivity contribution in [3.05, 3.63) is 29.3 Å². The number of aliphatic hydroxyl groups is 1. The van der Waals surface area contributed by atoms with Crippen LogP contribution in [0.15, 0.2) is 12.1 Å². The van der Waals surface area contributed by atoms with Crippen LogP contribution in [-0.2, 0) is 9.53 Å². The highest BCUT2D eigenvalue weighted by molar-refractivity contribution is 5.70. The lowest BCUT2D eigenvalue weighted by Crippen LogP contribution is -2.13. The normalized spacial score (nSPS) is 12.3. The molecule has 0 saturated heterocycles. The monoisotopic (exact) mass is 324 g/mol. The standard InChI is InChI=1S/C14H16F4O4/c1-2-21-13(20)7-11(19)14-9(15)5-8(6-10(14)16)22-4-3-12(17)18/h5-6,11-12,19H,2-4,7H2,1H3. The maximum atomic E-state index is 13.8. The van der Waals surface area contributed by atoms with Crippen LogP contribution in [0.2, 0.25) is 0 Å². The predicted molar refractivity (Wildman–Crippen MR) is 68.7 cm³/mol. The van der Waals surface area contributed by atoms with E-state index in [1.807, 2.05) is 0 Å². The third kappa shape index (κ3) is 5.51. The highest BCUT2D eigenvalue weighted by atomic mass is 19.3. The number of rotatable bonds is 8. The van der Waals surface area contributed by atoms with Crippen LogP contribution in [0.4, 0.5) is 17.6 Å². The lowest BCUT2D eigenvalue weighted by Gasteiger charge is -2.14. The molecule has 0 fully saturated rings. The van der Waals surface area contributed by atoms with Crippen LogP contribution in [-0.4, -0.2) is 30.7 Å². The lowest BCUT2D eigenvalue weighted by atomic mass is 10.0.